The number of halogens is 1. The summed E-state index contributed by atoms with van der Waals surface area (Å²) in [4.78, 5) is 2.19. The van der Waals surface area contributed by atoms with Gasteiger partial charge >= 0.3 is 0 Å². The predicted octanol–water partition coefficient (Wildman–Crippen LogP) is 3.63. The zero-order valence-electron chi connectivity index (χ0n) is 10.4. The van der Waals surface area contributed by atoms with Crippen LogP contribution < -0.4 is 4.90 Å². The van der Waals surface area contributed by atoms with Crippen molar-refractivity contribution < 1.29 is 5.11 Å². The maximum atomic E-state index is 9.49. The predicted molar refractivity (Wildman–Crippen MR) is 70.2 cm³/mol. The van der Waals surface area contributed by atoms with Crippen LogP contribution in [0.15, 0.2) is 18.2 Å². The van der Waals surface area contributed by atoms with Gasteiger partial charge in [-0.3, -0.25) is 0 Å². The van der Waals surface area contributed by atoms with Gasteiger partial charge in [0.15, 0.2) is 0 Å². The number of hydrogen-bond donors (Lipinski definition) is 1. The van der Waals surface area contributed by atoms with Crippen LogP contribution in [0.5, 0.6) is 0 Å². The van der Waals surface area contributed by atoms with Crippen molar-refractivity contribution in [3.8, 4) is 0 Å². The molecule has 0 aliphatic carbocycles. The van der Waals surface area contributed by atoms with Crippen LogP contribution in [-0.2, 0) is 0 Å². The molecule has 1 N–H and O–H groups in total. The fraction of sp³-hybridized carbons (Fsp3) is 0.538. The summed E-state index contributed by atoms with van der Waals surface area (Å²) in [5.74, 6) is 0. The van der Waals surface area contributed by atoms with Crippen LogP contribution in [0.1, 0.15) is 38.9 Å². The van der Waals surface area contributed by atoms with Gasteiger partial charge in [0.05, 0.1) is 6.10 Å². The van der Waals surface area contributed by atoms with Gasteiger partial charge in [0.2, 0.25) is 0 Å². The molecule has 2 unspecified atom stereocenters. The highest BCUT2D eigenvalue weighted by molar-refractivity contribution is 6.31. The summed E-state index contributed by atoms with van der Waals surface area (Å²) in [6, 6.07) is 6.28. The normalized spacial score (nSPS) is 14.6. The number of aliphatic hydroxyl groups excluding tert-OH is 1. The summed E-state index contributed by atoms with van der Waals surface area (Å²) >= 11 is 6.13. The van der Waals surface area contributed by atoms with Crippen molar-refractivity contribution in [2.75, 3.05) is 11.9 Å². The SMILES string of the molecule is CCC(C)N(C)c1ccc(C(C)O)c(Cl)c1. The smallest absolute Gasteiger partial charge is 0.0776 e. The summed E-state index contributed by atoms with van der Waals surface area (Å²) in [6.45, 7) is 6.06. The fourth-order valence-corrected chi connectivity index (χ4v) is 1.94. The van der Waals surface area contributed by atoms with Crippen molar-refractivity contribution in [2.45, 2.75) is 39.3 Å². The molecule has 3 heteroatoms. The van der Waals surface area contributed by atoms with Crippen molar-refractivity contribution in [1.29, 1.82) is 0 Å². The van der Waals surface area contributed by atoms with E-state index in [1.807, 2.05) is 18.2 Å². The third-order valence-electron chi connectivity index (χ3n) is 3.09. The fourth-order valence-electron chi connectivity index (χ4n) is 1.60. The van der Waals surface area contributed by atoms with E-state index in [2.05, 4.69) is 25.8 Å². The van der Waals surface area contributed by atoms with Gasteiger partial charge in [-0.2, -0.15) is 0 Å². The number of anilines is 1. The second kappa shape index (κ2) is 5.55. The van der Waals surface area contributed by atoms with E-state index in [1.54, 1.807) is 6.92 Å². The molecule has 2 nitrogen and oxygen atoms in total. The van der Waals surface area contributed by atoms with E-state index in [1.165, 1.54) is 0 Å². The summed E-state index contributed by atoms with van der Waals surface area (Å²) in [5, 5.41) is 10.1. The summed E-state index contributed by atoms with van der Waals surface area (Å²) < 4.78 is 0. The molecule has 1 aromatic carbocycles. The van der Waals surface area contributed by atoms with Crippen molar-refractivity contribution >= 4 is 17.3 Å². The first-order valence-electron chi connectivity index (χ1n) is 5.67. The molecule has 90 valence electrons. The highest BCUT2D eigenvalue weighted by atomic mass is 35.5. The first-order valence-corrected chi connectivity index (χ1v) is 6.05. The maximum Gasteiger partial charge on any atom is 0.0776 e. The second-order valence-electron chi connectivity index (χ2n) is 4.25. The summed E-state index contributed by atoms with van der Waals surface area (Å²) in [6.07, 6.45) is 0.571. The minimum atomic E-state index is -0.518. The highest BCUT2D eigenvalue weighted by Gasteiger charge is 2.11. The Labute approximate surface area is 103 Å². The number of benzene rings is 1. The zero-order valence-corrected chi connectivity index (χ0v) is 11.1. The largest absolute Gasteiger partial charge is 0.389 e. The molecule has 0 radical (unpaired) electrons. The highest BCUT2D eigenvalue weighted by Crippen LogP contribution is 2.28. The Kier molecular flexibility index (Phi) is 4.63. The zero-order chi connectivity index (χ0) is 12.3. The van der Waals surface area contributed by atoms with Crippen LogP contribution in [0, 0.1) is 0 Å². The molecule has 16 heavy (non-hydrogen) atoms. The molecular formula is C13H20ClNO. The van der Waals surface area contributed by atoms with Crippen LogP contribution in [0.4, 0.5) is 5.69 Å². The van der Waals surface area contributed by atoms with E-state index in [0.717, 1.165) is 17.7 Å². The van der Waals surface area contributed by atoms with Crippen LogP contribution in [0.2, 0.25) is 5.02 Å². The minimum Gasteiger partial charge on any atom is -0.389 e. The van der Waals surface area contributed by atoms with E-state index < -0.39 is 6.10 Å². The molecule has 0 saturated heterocycles. The lowest BCUT2D eigenvalue weighted by molar-refractivity contribution is 0.199. The quantitative estimate of drug-likeness (QED) is 0.870. The Hall–Kier alpha value is -0.730. The van der Waals surface area contributed by atoms with Crippen LogP contribution in [0.3, 0.4) is 0 Å². The van der Waals surface area contributed by atoms with E-state index in [9.17, 15) is 5.11 Å². The van der Waals surface area contributed by atoms with Crippen LogP contribution >= 0.6 is 11.6 Å². The van der Waals surface area contributed by atoms with E-state index in [0.29, 0.717) is 11.1 Å². The van der Waals surface area contributed by atoms with E-state index >= 15 is 0 Å². The van der Waals surface area contributed by atoms with E-state index in [4.69, 9.17) is 11.6 Å². The molecular weight excluding hydrogens is 222 g/mol. The molecule has 0 bridgehead atoms. The third-order valence-corrected chi connectivity index (χ3v) is 3.42. The van der Waals surface area contributed by atoms with Crippen molar-refractivity contribution in [1.82, 2.24) is 0 Å². The van der Waals surface area contributed by atoms with Gasteiger partial charge in [-0.25, -0.2) is 0 Å². The molecule has 0 heterocycles. The molecule has 0 saturated carbocycles. The second-order valence-corrected chi connectivity index (χ2v) is 4.66. The Morgan fingerprint density at radius 1 is 1.38 bits per heavy atom. The minimum absolute atomic E-state index is 0.480. The molecule has 1 rings (SSSR count). The monoisotopic (exact) mass is 241 g/mol. The lowest BCUT2D eigenvalue weighted by Gasteiger charge is -2.26. The summed E-state index contributed by atoms with van der Waals surface area (Å²) in [5.41, 5.74) is 1.87. The van der Waals surface area contributed by atoms with Crippen molar-refractivity contribution in [3.05, 3.63) is 28.8 Å². The summed E-state index contributed by atoms with van der Waals surface area (Å²) in [7, 11) is 2.06. The molecule has 0 fully saturated rings. The lowest BCUT2D eigenvalue weighted by Crippen LogP contribution is -2.27. The van der Waals surface area contributed by atoms with Gasteiger partial charge < -0.3 is 10.0 Å². The molecule has 2 atom stereocenters. The average Bonchev–Trinajstić information content (AvgIpc) is 2.26. The number of rotatable bonds is 4. The standard InChI is InChI=1S/C13H20ClNO/c1-5-9(2)15(4)11-6-7-12(10(3)16)13(14)8-11/h6-10,16H,5H2,1-4H3. The van der Waals surface area contributed by atoms with Crippen molar-refractivity contribution in [3.63, 3.8) is 0 Å². The molecule has 0 spiro atoms. The van der Waals surface area contributed by atoms with Gasteiger partial charge in [0.1, 0.15) is 0 Å². The molecule has 0 aliphatic rings. The van der Waals surface area contributed by atoms with Crippen LogP contribution in [0.25, 0.3) is 0 Å². The van der Waals surface area contributed by atoms with Gasteiger partial charge in [0.25, 0.3) is 0 Å². The van der Waals surface area contributed by atoms with Gasteiger partial charge in [-0.05, 0) is 38.0 Å². The van der Waals surface area contributed by atoms with Crippen LogP contribution in [-0.4, -0.2) is 18.2 Å². The first-order chi connectivity index (χ1) is 7.47. The Balaban J connectivity index is 2.97. The Morgan fingerprint density at radius 3 is 2.44 bits per heavy atom. The van der Waals surface area contributed by atoms with Gasteiger partial charge in [-0.15, -0.1) is 0 Å². The van der Waals surface area contributed by atoms with Gasteiger partial charge in [-0.1, -0.05) is 24.6 Å². The molecule has 1 aromatic rings. The van der Waals surface area contributed by atoms with Gasteiger partial charge in [0, 0.05) is 23.8 Å². The lowest BCUT2D eigenvalue weighted by atomic mass is 10.1. The average molecular weight is 242 g/mol. The molecule has 0 amide bonds. The molecule has 0 aromatic heterocycles. The Bertz CT molecular complexity index is 352. The maximum absolute atomic E-state index is 9.49. The number of hydrogen-bond acceptors (Lipinski definition) is 2. The number of aliphatic hydroxyl groups is 1. The van der Waals surface area contributed by atoms with Crippen molar-refractivity contribution in [2.24, 2.45) is 0 Å². The number of nitrogens with zero attached hydrogens (tertiary/aromatic N) is 1. The first kappa shape index (κ1) is 13.3. The van der Waals surface area contributed by atoms with E-state index in [-0.39, 0.29) is 0 Å². The Morgan fingerprint density at radius 2 is 2.00 bits per heavy atom. The topological polar surface area (TPSA) is 23.5 Å². The molecule has 0 aliphatic heterocycles. The third kappa shape index (κ3) is 2.89.